The summed E-state index contributed by atoms with van der Waals surface area (Å²) in [7, 11) is 0. The molecule has 1 atom stereocenters. The monoisotopic (exact) mass is 440 g/mol. The summed E-state index contributed by atoms with van der Waals surface area (Å²) in [4.78, 5) is 30.9. The van der Waals surface area contributed by atoms with Gasteiger partial charge in [0, 0.05) is 5.39 Å². The number of aliphatic carboxylic acids is 1. The van der Waals surface area contributed by atoms with E-state index in [2.05, 4.69) is 4.98 Å². The second-order valence-electron chi connectivity index (χ2n) is 6.25. The minimum atomic E-state index is -1.19. The summed E-state index contributed by atoms with van der Waals surface area (Å²) in [5, 5.41) is 11.1. The number of carboxylic acid groups (broad SMARTS) is 1. The van der Waals surface area contributed by atoms with Gasteiger partial charge in [-0.1, -0.05) is 84.1 Å². The van der Waals surface area contributed by atoms with E-state index in [4.69, 9.17) is 23.8 Å². The average molecular weight is 441 g/mol. The third-order valence-electron chi connectivity index (χ3n) is 4.40. The number of hydrogen-bond acceptors (Lipinski definition) is 5. The molecule has 0 spiro atoms. The molecule has 1 amide bonds. The first-order valence-electron chi connectivity index (χ1n) is 8.56. The van der Waals surface area contributed by atoms with Gasteiger partial charge in [0.05, 0.1) is 21.1 Å². The van der Waals surface area contributed by atoms with Crippen LogP contribution in [-0.2, 0) is 9.59 Å². The van der Waals surface area contributed by atoms with Crippen molar-refractivity contribution in [3.8, 4) is 0 Å². The van der Waals surface area contributed by atoms with Crippen molar-refractivity contribution in [3.63, 3.8) is 0 Å². The first kappa shape index (κ1) is 19.6. The van der Waals surface area contributed by atoms with Crippen LogP contribution in [0.1, 0.15) is 17.3 Å². The molecule has 2 heterocycles. The number of thiocarbonyl (C=S) groups is 1. The van der Waals surface area contributed by atoms with Crippen LogP contribution in [0.3, 0.4) is 0 Å². The number of halogens is 1. The Morgan fingerprint density at radius 2 is 1.90 bits per heavy atom. The van der Waals surface area contributed by atoms with Crippen molar-refractivity contribution in [2.45, 2.75) is 6.04 Å². The summed E-state index contributed by atoms with van der Waals surface area (Å²) in [6, 6.07) is 16.5. The van der Waals surface area contributed by atoms with E-state index in [1.54, 1.807) is 48.5 Å². The summed E-state index contributed by atoms with van der Waals surface area (Å²) >= 11 is 12.6. The molecule has 1 aliphatic rings. The van der Waals surface area contributed by atoms with Crippen molar-refractivity contribution in [1.82, 2.24) is 9.88 Å². The number of carbonyl (C=O) groups is 2. The standard InChI is InChI=1S/C21H13ClN2O3S2/c22-15-8-4-7-12-9-10-14(23-17(12)15)11-16-19(25)24(21(28)29-16)18(20(26)27)13-5-2-1-3-6-13/h1-11,18H,(H,26,27)/b16-11-/t18-/m1/s1. The maximum atomic E-state index is 13.0. The van der Waals surface area contributed by atoms with Crippen molar-refractivity contribution >= 4 is 68.8 Å². The number of pyridine rings is 1. The van der Waals surface area contributed by atoms with E-state index in [-0.39, 0.29) is 4.32 Å². The second-order valence-corrected chi connectivity index (χ2v) is 8.33. The van der Waals surface area contributed by atoms with Gasteiger partial charge in [-0.2, -0.15) is 0 Å². The first-order valence-corrected chi connectivity index (χ1v) is 10.2. The lowest BCUT2D eigenvalue weighted by molar-refractivity contribution is -0.145. The molecule has 1 saturated heterocycles. The van der Waals surface area contributed by atoms with Gasteiger partial charge in [-0.3, -0.25) is 9.69 Å². The average Bonchev–Trinajstić information content (AvgIpc) is 2.97. The normalized spacial score (nSPS) is 16.6. The number of para-hydroxylation sites is 1. The van der Waals surface area contributed by atoms with Crippen LogP contribution in [-0.4, -0.2) is 31.2 Å². The van der Waals surface area contributed by atoms with Crippen LogP contribution in [0.4, 0.5) is 0 Å². The van der Waals surface area contributed by atoms with Crippen molar-refractivity contribution in [3.05, 3.63) is 81.8 Å². The predicted molar refractivity (Wildman–Crippen MR) is 119 cm³/mol. The molecule has 0 unspecified atom stereocenters. The Kier molecular flexibility index (Phi) is 5.36. The van der Waals surface area contributed by atoms with E-state index in [0.717, 1.165) is 22.0 Å². The maximum Gasteiger partial charge on any atom is 0.331 e. The Balaban J connectivity index is 1.71. The molecule has 0 radical (unpaired) electrons. The molecule has 0 saturated carbocycles. The summed E-state index contributed by atoms with van der Waals surface area (Å²) in [6.07, 6.45) is 1.60. The number of aromatic nitrogens is 1. The highest BCUT2D eigenvalue weighted by atomic mass is 35.5. The third kappa shape index (κ3) is 3.76. The van der Waals surface area contributed by atoms with Crippen molar-refractivity contribution in [2.24, 2.45) is 0 Å². The quantitative estimate of drug-likeness (QED) is 0.459. The smallest absolute Gasteiger partial charge is 0.331 e. The lowest BCUT2D eigenvalue weighted by Crippen LogP contribution is -2.37. The Morgan fingerprint density at radius 1 is 1.14 bits per heavy atom. The van der Waals surface area contributed by atoms with Gasteiger partial charge in [-0.25, -0.2) is 9.78 Å². The zero-order chi connectivity index (χ0) is 20.5. The zero-order valence-electron chi connectivity index (χ0n) is 14.8. The van der Waals surface area contributed by atoms with E-state index in [0.29, 0.717) is 26.7 Å². The summed E-state index contributed by atoms with van der Waals surface area (Å²) < 4.78 is 0.191. The van der Waals surface area contributed by atoms with Crippen molar-refractivity contribution in [1.29, 1.82) is 0 Å². The van der Waals surface area contributed by atoms with Crippen molar-refractivity contribution < 1.29 is 14.7 Å². The van der Waals surface area contributed by atoms with E-state index >= 15 is 0 Å². The topological polar surface area (TPSA) is 70.5 Å². The molecule has 4 rings (SSSR count). The van der Waals surface area contributed by atoms with Crippen LogP contribution in [0, 0.1) is 0 Å². The van der Waals surface area contributed by atoms with Gasteiger partial charge in [0.2, 0.25) is 0 Å². The lowest BCUT2D eigenvalue weighted by atomic mass is 10.1. The number of rotatable bonds is 4. The highest BCUT2D eigenvalue weighted by Crippen LogP contribution is 2.38. The molecule has 0 aliphatic carbocycles. The van der Waals surface area contributed by atoms with Crippen LogP contribution in [0.15, 0.2) is 65.6 Å². The minimum Gasteiger partial charge on any atom is -0.479 e. The number of nitrogens with zero attached hydrogens (tertiary/aromatic N) is 2. The Bertz CT molecular complexity index is 1180. The third-order valence-corrected chi connectivity index (χ3v) is 6.04. The van der Waals surface area contributed by atoms with Crippen LogP contribution >= 0.6 is 35.6 Å². The van der Waals surface area contributed by atoms with E-state index in [1.807, 2.05) is 18.2 Å². The summed E-state index contributed by atoms with van der Waals surface area (Å²) in [6.45, 7) is 0. The van der Waals surface area contributed by atoms with Gasteiger partial charge >= 0.3 is 5.97 Å². The second kappa shape index (κ2) is 7.94. The molecular weight excluding hydrogens is 428 g/mol. The van der Waals surface area contributed by atoms with Gasteiger partial charge in [0.1, 0.15) is 4.32 Å². The fourth-order valence-corrected chi connectivity index (χ4v) is 4.60. The van der Waals surface area contributed by atoms with Gasteiger partial charge in [-0.15, -0.1) is 0 Å². The number of carboxylic acids is 1. The maximum absolute atomic E-state index is 13.0. The fraction of sp³-hybridized carbons (Fsp3) is 0.0476. The lowest BCUT2D eigenvalue weighted by Gasteiger charge is -2.23. The molecule has 1 aromatic heterocycles. The molecule has 0 bridgehead atoms. The van der Waals surface area contributed by atoms with Gasteiger partial charge in [0.15, 0.2) is 6.04 Å². The predicted octanol–water partition coefficient (Wildman–Crippen LogP) is 4.92. The van der Waals surface area contributed by atoms with Crippen LogP contribution in [0.5, 0.6) is 0 Å². The van der Waals surface area contributed by atoms with E-state index in [1.165, 1.54) is 0 Å². The largest absolute Gasteiger partial charge is 0.479 e. The highest BCUT2D eigenvalue weighted by Gasteiger charge is 2.41. The fourth-order valence-electron chi connectivity index (χ4n) is 3.08. The number of fused-ring (bicyclic) bond motifs is 1. The SMILES string of the molecule is O=C(O)[C@@H](c1ccccc1)N1C(=O)/C(=C/c2ccc3cccc(Cl)c3n2)SC1=S. The number of benzene rings is 2. The molecule has 29 heavy (non-hydrogen) atoms. The summed E-state index contributed by atoms with van der Waals surface area (Å²) in [5.41, 5.74) is 1.65. The van der Waals surface area contributed by atoms with E-state index < -0.39 is 17.9 Å². The van der Waals surface area contributed by atoms with Gasteiger partial charge in [-0.05, 0) is 23.8 Å². The molecule has 1 N–H and O–H groups in total. The first-order chi connectivity index (χ1) is 14.0. The van der Waals surface area contributed by atoms with E-state index in [9.17, 15) is 14.7 Å². The Labute approximate surface area is 181 Å². The van der Waals surface area contributed by atoms with Crippen LogP contribution in [0.25, 0.3) is 17.0 Å². The molecule has 3 aromatic rings. The number of amides is 1. The number of carbonyl (C=O) groups excluding carboxylic acids is 1. The molecule has 5 nitrogen and oxygen atoms in total. The zero-order valence-corrected chi connectivity index (χ0v) is 17.2. The van der Waals surface area contributed by atoms with Crippen LogP contribution < -0.4 is 0 Å². The number of hydrogen-bond donors (Lipinski definition) is 1. The van der Waals surface area contributed by atoms with Gasteiger partial charge in [0.25, 0.3) is 5.91 Å². The molecule has 2 aromatic carbocycles. The molecule has 8 heteroatoms. The summed E-state index contributed by atoms with van der Waals surface area (Å²) in [5.74, 6) is -1.61. The highest BCUT2D eigenvalue weighted by molar-refractivity contribution is 8.26. The van der Waals surface area contributed by atoms with Crippen LogP contribution in [0.2, 0.25) is 5.02 Å². The molecule has 1 aliphatic heterocycles. The van der Waals surface area contributed by atoms with Gasteiger partial charge < -0.3 is 5.11 Å². The molecule has 1 fully saturated rings. The minimum absolute atomic E-state index is 0.191. The van der Waals surface area contributed by atoms with Crippen molar-refractivity contribution in [2.75, 3.05) is 0 Å². The Hall–Kier alpha value is -2.74. The Morgan fingerprint density at radius 3 is 2.62 bits per heavy atom. The number of thioether (sulfide) groups is 1. The molecule has 144 valence electrons. The molecular formula is C21H13ClN2O3S2.